The maximum atomic E-state index is 14.9. The molecule has 0 spiro atoms. The van der Waals surface area contributed by atoms with Gasteiger partial charge >= 0.3 is 18.2 Å². The quantitative estimate of drug-likeness (QED) is 0.246. The largest absolute Gasteiger partial charge is 0.453 e. The average molecular weight is 709 g/mol. The highest BCUT2D eigenvalue weighted by atomic mass is 32.2. The van der Waals surface area contributed by atoms with Crippen molar-refractivity contribution in [1.29, 1.82) is 0 Å². The van der Waals surface area contributed by atoms with E-state index in [1.54, 1.807) is 11.0 Å². The van der Waals surface area contributed by atoms with Gasteiger partial charge in [-0.1, -0.05) is 13.0 Å². The number of hydrogen-bond donors (Lipinski definition) is 2. The van der Waals surface area contributed by atoms with E-state index in [1.807, 2.05) is 19.1 Å². The zero-order valence-corrected chi connectivity index (χ0v) is 28.0. The van der Waals surface area contributed by atoms with E-state index in [9.17, 15) is 40.1 Å². The maximum absolute atomic E-state index is 14.9. The van der Waals surface area contributed by atoms with Crippen molar-refractivity contribution in [2.45, 2.75) is 101 Å². The lowest BCUT2D eigenvalue weighted by Crippen LogP contribution is -2.46. The summed E-state index contributed by atoms with van der Waals surface area (Å²) in [5, 5.41) is 12.3. The van der Waals surface area contributed by atoms with E-state index >= 15 is 0 Å². The minimum atomic E-state index is -5.63. The van der Waals surface area contributed by atoms with Gasteiger partial charge in [0.25, 0.3) is 0 Å². The Labute approximate surface area is 280 Å². The summed E-state index contributed by atoms with van der Waals surface area (Å²) in [7, 11) is -1.57. The first kappa shape index (κ1) is 37.1. The minimum Gasteiger partial charge on any atom is -0.410 e. The summed E-state index contributed by atoms with van der Waals surface area (Å²) >= 11 is 0. The Balaban J connectivity index is 1.25. The van der Waals surface area contributed by atoms with Crippen LogP contribution >= 0.6 is 0 Å². The number of nitrogens with zero attached hydrogens (tertiary/aromatic N) is 1. The summed E-state index contributed by atoms with van der Waals surface area (Å²) in [6.07, 6.45) is -5.00. The van der Waals surface area contributed by atoms with Gasteiger partial charge in [-0.2, -0.15) is 22.0 Å². The van der Waals surface area contributed by atoms with Crippen LogP contribution in [0.5, 0.6) is 5.75 Å². The molecule has 7 nitrogen and oxygen atoms in total. The highest BCUT2D eigenvalue weighted by Gasteiger charge is 2.60. The number of aliphatic hydroxyl groups excluding tert-OH is 1. The van der Waals surface area contributed by atoms with E-state index in [-0.39, 0.29) is 60.0 Å². The van der Waals surface area contributed by atoms with Crippen molar-refractivity contribution in [3.63, 3.8) is 0 Å². The second kappa shape index (κ2) is 15.0. The van der Waals surface area contributed by atoms with Crippen molar-refractivity contribution >= 4 is 22.7 Å². The van der Waals surface area contributed by atoms with Gasteiger partial charge in [0.2, 0.25) is 0 Å². The number of rotatable bonds is 12. The topological polar surface area (TPSA) is 95.9 Å². The third kappa shape index (κ3) is 7.90. The summed E-state index contributed by atoms with van der Waals surface area (Å²) in [5.41, 5.74) is 1.33. The number of amides is 1. The van der Waals surface area contributed by atoms with Gasteiger partial charge in [-0.15, -0.1) is 0 Å². The van der Waals surface area contributed by atoms with Crippen molar-refractivity contribution in [3.05, 3.63) is 29.3 Å². The lowest BCUT2D eigenvalue weighted by molar-refractivity contribution is -0.284. The normalized spacial score (nSPS) is 30.0. The molecule has 5 rings (SSSR count). The fourth-order valence-electron chi connectivity index (χ4n) is 8.77. The number of ketones is 1. The molecule has 0 radical (unpaired) electrons. The summed E-state index contributed by atoms with van der Waals surface area (Å²) in [4.78, 5) is 27.6. The van der Waals surface area contributed by atoms with Gasteiger partial charge in [-0.3, -0.25) is 9.00 Å². The van der Waals surface area contributed by atoms with Crippen molar-refractivity contribution in [1.82, 2.24) is 10.2 Å². The molecule has 3 fully saturated rings. The Morgan fingerprint density at radius 1 is 1.12 bits per heavy atom. The summed E-state index contributed by atoms with van der Waals surface area (Å²) in [6, 6.07) is 5.85. The number of fused-ring (bicyclic) bond motifs is 5. The number of piperidine rings is 1. The first-order chi connectivity index (χ1) is 22.6. The third-order valence-electron chi connectivity index (χ3n) is 11.3. The first-order valence-corrected chi connectivity index (χ1v) is 18.5. The van der Waals surface area contributed by atoms with Crippen molar-refractivity contribution in [2.24, 2.45) is 23.2 Å². The molecule has 7 atom stereocenters. The molecule has 1 heterocycles. The van der Waals surface area contributed by atoms with E-state index in [0.717, 1.165) is 24.0 Å². The molecule has 1 aliphatic heterocycles. The Morgan fingerprint density at radius 3 is 2.52 bits per heavy atom. The lowest BCUT2D eigenvalue weighted by Gasteiger charge is -2.51. The molecule has 3 aliphatic carbocycles. The second-order valence-electron chi connectivity index (χ2n) is 14.2. The predicted octanol–water partition coefficient (Wildman–Crippen LogP) is 6.34. The van der Waals surface area contributed by atoms with Crippen LogP contribution in [0.1, 0.15) is 81.8 Å². The van der Waals surface area contributed by atoms with Crippen LogP contribution in [0, 0.1) is 23.2 Å². The molecular weight excluding hydrogens is 662 g/mol. The van der Waals surface area contributed by atoms with Crippen molar-refractivity contribution < 1.29 is 50.0 Å². The van der Waals surface area contributed by atoms with E-state index in [4.69, 9.17) is 9.84 Å². The fraction of sp³-hybridized carbons (Fsp3) is 0.765. The van der Waals surface area contributed by atoms with Crippen LogP contribution in [-0.2, 0) is 22.0 Å². The smallest absolute Gasteiger partial charge is 0.410 e. The second-order valence-corrected chi connectivity index (χ2v) is 15.9. The highest BCUT2D eigenvalue weighted by Crippen LogP contribution is 2.62. The van der Waals surface area contributed by atoms with Crippen LogP contribution < -0.4 is 10.1 Å². The van der Waals surface area contributed by atoms with Crippen LogP contribution in [-0.4, -0.2) is 88.2 Å². The number of carbonyl (C=O) groups excluding carboxylic acids is 2. The van der Waals surface area contributed by atoms with Gasteiger partial charge in [-0.25, -0.2) is 9.18 Å². The summed E-state index contributed by atoms with van der Waals surface area (Å²) in [6.45, 7) is 3.47. The fourth-order valence-corrected chi connectivity index (χ4v) is 9.93. The molecule has 1 aromatic carbocycles. The number of aliphatic hydroxyl groups is 1. The highest BCUT2D eigenvalue weighted by molar-refractivity contribution is 7.84. The lowest BCUT2D eigenvalue weighted by atomic mass is 9.52. The number of halogens is 6. The van der Waals surface area contributed by atoms with Gasteiger partial charge in [0, 0.05) is 59.8 Å². The number of nitrogens with one attached hydrogen (secondary N) is 1. The predicted molar refractivity (Wildman–Crippen MR) is 168 cm³/mol. The van der Waals surface area contributed by atoms with Crippen LogP contribution in [0.25, 0.3) is 0 Å². The standard InChI is InChI=1S/C34H46F6N2O5S/c1-32-11-7-26-25-6-5-24(47-31(45)42-13-8-23(9-14-42)41-12-15-43)19-22(25)18-21(29(26)27(32)20-28(35)30(32)44)4-2-16-48(46)17-3-10-33(36,37)34(38,39)40/h5-6,19,21,23,26-29,41,43H,2-4,7-18,20H2,1H3/t21-,26-,27+,28?,29-,32+,48?/m1/s1. The molecule has 1 amide bonds. The molecular formula is C34H46F6N2O5S. The van der Waals surface area contributed by atoms with Gasteiger partial charge in [-0.05, 0) is 105 Å². The third-order valence-corrected chi connectivity index (χ3v) is 12.8. The van der Waals surface area contributed by atoms with Gasteiger partial charge < -0.3 is 20.1 Å². The van der Waals surface area contributed by atoms with Crippen LogP contribution in [0.4, 0.5) is 31.1 Å². The first-order valence-electron chi connectivity index (χ1n) is 17.1. The van der Waals surface area contributed by atoms with Crippen molar-refractivity contribution in [2.75, 3.05) is 37.7 Å². The van der Waals surface area contributed by atoms with E-state index in [0.29, 0.717) is 57.5 Å². The number of Topliss-reactive ketones (excluding diaryl/α,β-unsaturated/α-hetero) is 1. The number of hydrogen-bond acceptors (Lipinski definition) is 6. The van der Waals surface area contributed by atoms with Crippen LogP contribution in [0.15, 0.2) is 18.2 Å². The molecule has 0 aromatic heterocycles. The van der Waals surface area contributed by atoms with Crippen LogP contribution in [0.3, 0.4) is 0 Å². The van der Waals surface area contributed by atoms with Gasteiger partial charge in [0.15, 0.2) is 12.0 Å². The van der Waals surface area contributed by atoms with E-state index < -0.39 is 53.4 Å². The molecule has 2 saturated carbocycles. The number of likely N-dealkylation sites (tertiary alicyclic amines) is 1. The molecule has 48 heavy (non-hydrogen) atoms. The zero-order chi connectivity index (χ0) is 34.9. The molecule has 1 saturated heterocycles. The molecule has 2 N–H and O–H groups in total. The maximum Gasteiger partial charge on any atom is 0.453 e. The van der Waals surface area contributed by atoms with E-state index in [1.165, 1.54) is 0 Å². The molecule has 4 aliphatic rings. The van der Waals surface area contributed by atoms with Crippen molar-refractivity contribution in [3.8, 4) is 5.75 Å². The molecule has 14 heteroatoms. The number of alkyl halides is 6. The molecule has 1 aromatic rings. The molecule has 2 unspecified atom stereocenters. The monoisotopic (exact) mass is 708 g/mol. The average Bonchev–Trinajstić information content (AvgIpc) is 3.27. The van der Waals surface area contributed by atoms with Gasteiger partial charge in [0.1, 0.15) is 5.75 Å². The minimum absolute atomic E-state index is 0.00555. The van der Waals surface area contributed by atoms with E-state index in [2.05, 4.69) is 5.32 Å². The summed E-state index contributed by atoms with van der Waals surface area (Å²) < 4.78 is 97.3. The van der Waals surface area contributed by atoms with Crippen LogP contribution in [0.2, 0.25) is 0 Å². The Kier molecular flexibility index (Phi) is 11.6. The Bertz CT molecular complexity index is 1340. The molecule has 0 bridgehead atoms. The van der Waals surface area contributed by atoms with Gasteiger partial charge in [0.05, 0.1) is 6.61 Å². The Morgan fingerprint density at radius 2 is 1.83 bits per heavy atom. The number of ether oxygens (including phenoxy) is 1. The summed E-state index contributed by atoms with van der Waals surface area (Å²) in [5.74, 6) is -4.98. The number of benzene rings is 1. The number of carbonyl (C=O) groups is 2. The zero-order valence-electron chi connectivity index (χ0n) is 27.2. The Hall–Kier alpha value is -2.19. The SMILES string of the molecule is C[C@]12CC[C@@H]3c4ccc(OC(=O)N5CCC(NCCO)CC5)cc4C[C@@H](CCCS(=O)CCCC(F)(F)C(F)(F)F)[C@H]3[C@@H]1CC(F)C2=O. The molecule has 270 valence electrons.